The monoisotopic (exact) mass is 591 g/mol. The largest absolute Gasteiger partial charge is 2.00 e. The first kappa shape index (κ1) is 28.5. The third kappa shape index (κ3) is 5.37. The van der Waals surface area contributed by atoms with Gasteiger partial charge in [-0.1, -0.05) is 107 Å². The predicted molar refractivity (Wildman–Crippen MR) is 177 cm³/mol. The molecule has 0 atom stereocenters. The summed E-state index contributed by atoms with van der Waals surface area (Å²) in [4.78, 5) is 6.75. The molecule has 0 aliphatic rings. The molecule has 0 saturated heterocycles. The number of hydrogen-bond donors (Lipinski definition) is 0. The zero-order valence-electron chi connectivity index (χ0n) is 23.7. The van der Waals surface area contributed by atoms with Crippen LogP contribution in [0.2, 0.25) is 0 Å². The average molecular weight is 592 g/mol. The summed E-state index contributed by atoms with van der Waals surface area (Å²) in [5.41, 5.74) is 6.08. The van der Waals surface area contributed by atoms with E-state index in [0.717, 1.165) is 53.7 Å². The van der Waals surface area contributed by atoms with Crippen LogP contribution in [0.3, 0.4) is 0 Å². The van der Waals surface area contributed by atoms with Crippen molar-refractivity contribution in [1.82, 2.24) is 0 Å². The number of aryl methyl sites for hydroxylation is 2. The van der Waals surface area contributed by atoms with E-state index in [1.807, 2.05) is 72.8 Å². The minimum Gasteiger partial charge on any atom is -0.871 e. The molecule has 0 aliphatic carbocycles. The Hall–Kier alpha value is -4.61. The van der Waals surface area contributed by atoms with Gasteiger partial charge in [0.05, 0.1) is 11.1 Å². The Balaban J connectivity index is 0.000000150. The van der Waals surface area contributed by atoms with Crippen molar-refractivity contribution < 1.29 is 20.2 Å². The van der Waals surface area contributed by atoms with E-state index in [4.69, 9.17) is 0 Å². The number of hydrogen-bond acceptors (Lipinski definition) is 4. The van der Waals surface area contributed by atoms with Crippen LogP contribution in [0, 0.1) is 13.8 Å². The Morgan fingerprint density at radius 2 is 0.930 bits per heavy atom. The van der Waals surface area contributed by atoms with Gasteiger partial charge in [-0.2, -0.15) is 9.97 Å². The molecule has 6 aromatic carbocycles. The molecular formula is C36H26BeN2O2S2+2. The van der Waals surface area contributed by atoms with Gasteiger partial charge < -0.3 is 10.2 Å². The zero-order chi connectivity index (χ0) is 28.8. The van der Waals surface area contributed by atoms with E-state index >= 15 is 0 Å². The summed E-state index contributed by atoms with van der Waals surface area (Å²) in [5, 5.41) is 30.7. The van der Waals surface area contributed by atoms with Gasteiger partial charge in [0.15, 0.2) is 0 Å². The minimum atomic E-state index is 0. The second kappa shape index (κ2) is 11.6. The molecule has 0 aliphatic heterocycles. The molecule has 0 unspecified atom stereocenters. The van der Waals surface area contributed by atoms with E-state index in [9.17, 15) is 10.2 Å². The Morgan fingerprint density at radius 1 is 0.512 bits per heavy atom. The predicted octanol–water partition coefficient (Wildman–Crippen LogP) is 7.45. The molecule has 43 heavy (non-hydrogen) atoms. The minimum absolute atomic E-state index is 0. The third-order valence-corrected chi connectivity index (χ3v) is 9.64. The molecule has 8 aromatic rings. The van der Waals surface area contributed by atoms with E-state index in [2.05, 4.69) is 60.2 Å². The normalized spacial score (nSPS) is 11.0. The van der Waals surface area contributed by atoms with E-state index in [1.54, 1.807) is 22.7 Å². The van der Waals surface area contributed by atoms with Crippen LogP contribution in [-0.2, 0) is 0 Å². The van der Waals surface area contributed by atoms with Gasteiger partial charge in [-0.25, -0.2) is 0 Å². The quantitative estimate of drug-likeness (QED) is 0.196. The number of aromatic amines is 2. The van der Waals surface area contributed by atoms with Crippen LogP contribution in [0.5, 0.6) is 11.5 Å². The van der Waals surface area contributed by atoms with Crippen molar-refractivity contribution in [2.75, 3.05) is 0 Å². The fraction of sp³-hybridized carbons (Fsp3) is 0.0556. The van der Waals surface area contributed by atoms with Gasteiger partial charge in [0.25, 0.3) is 10.0 Å². The molecule has 2 aromatic heterocycles. The molecule has 7 heteroatoms. The number of benzene rings is 6. The van der Waals surface area contributed by atoms with Gasteiger partial charge >= 0.3 is 10.1 Å². The van der Waals surface area contributed by atoms with Crippen LogP contribution in [0.25, 0.3) is 63.1 Å². The smallest absolute Gasteiger partial charge is 0.871 e. The molecule has 0 bridgehead atoms. The maximum Gasteiger partial charge on any atom is 2.00 e. The van der Waals surface area contributed by atoms with Crippen LogP contribution in [-0.4, -0.2) is 10.1 Å². The van der Waals surface area contributed by atoms with Crippen LogP contribution in [0.15, 0.2) is 109 Å². The Labute approximate surface area is 260 Å². The average Bonchev–Trinajstić information content (AvgIpc) is 3.61. The van der Waals surface area contributed by atoms with E-state index in [-0.39, 0.29) is 21.6 Å². The van der Waals surface area contributed by atoms with Crippen LogP contribution in [0.4, 0.5) is 0 Å². The molecule has 4 nitrogen and oxygen atoms in total. The van der Waals surface area contributed by atoms with Crippen molar-refractivity contribution >= 4 is 74.8 Å². The van der Waals surface area contributed by atoms with Gasteiger partial charge in [-0.05, 0) is 70.8 Å². The van der Waals surface area contributed by atoms with E-state index in [1.165, 1.54) is 20.5 Å². The van der Waals surface area contributed by atoms with E-state index in [0.29, 0.717) is 0 Å². The van der Waals surface area contributed by atoms with Crippen molar-refractivity contribution in [3.63, 3.8) is 0 Å². The number of fused-ring (bicyclic) bond motifs is 4. The first-order valence-electron chi connectivity index (χ1n) is 13.7. The SMILES string of the molecule is Cc1ccc2sc(-c3ccc4ccccc4c3[O-])[nH+]c2c1.Cc1ccc2sc(-c3ccc4ccccc4c3[O-])[nH+]c2c1.[Be+2]. The second-order valence-electron chi connectivity index (χ2n) is 10.4. The topological polar surface area (TPSA) is 74.4 Å². The summed E-state index contributed by atoms with van der Waals surface area (Å²) < 4.78 is 2.34. The Kier molecular flexibility index (Phi) is 7.68. The van der Waals surface area contributed by atoms with Crippen molar-refractivity contribution in [1.29, 1.82) is 0 Å². The molecule has 2 N–H and O–H groups in total. The summed E-state index contributed by atoms with van der Waals surface area (Å²) >= 11 is 3.25. The summed E-state index contributed by atoms with van der Waals surface area (Å²) in [6.07, 6.45) is 0. The van der Waals surface area contributed by atoms with Crippen LogP contribution in [0.1, 0.15) is 11.1 Å². The first-order chi connectivity index (χ1) is 20.4. The standard InChI is InChI=1S/2C18H13NOS.Be/c2*1-11-6-9-16-15(10-11)19-18(21-16)14-8-7-12-4-2-3-5-13(12)17(14)20;/h2*2-10,20H,1H3;/q;;+2. The molecule has 0 radical (unpaired) electrons. The molecule has 0 saturated carbocycles. The Morgan fingerprint density at radius 3 is 1.37 bits per heavy atom. The van der Waals surface area contributed by atoms with Gasteiger partial charge in [0.1, 0.15) is 9.40 Å². The summed E-state index contributed by atoms with van der Waals surface area (Å²) in [7, 11) is 0. The summed E-state index contributed by atoms with van der Waals surface area (Å²) in [6.45, 7) is 4.14. The third-order valence-electron chi connectivity index (χ3n) is 7.44. The van der Waals surface area contributed by atoms with Crippen molar-refractivity contribution in [3.8, 4) is 32.6 Å². The van der Waals surface area contributed by atoms with E-state index < -0.39 is 0 Å². The molecule has 0 spiro atoms. The Bertz CT molecular complexity index is 2110. The molecule has 2 heterocycles. The fourth-order valence-electron chi connectivity index (χ4n) is 5.26. The van der Waals surface area contributed by atoms with Crippen molar-refractivity contribution in [2.45, 2.75) is 13.8 Å². The van der Waals surface area contributed by atoms with Crippen LogP contribution < -0.4 is 20.2 Å². The summed E-state index contributed by atoms with van der Waals surface area (Å²) in [6, 6.07) is 35.9. The molecule has 204 valence electrons. The molecule has 0 fully saturated rings. The zero-order valence-corrected chi connectivity index (χ0v) is 25.4. The number of aromatic nitrogens is 2. The van der Waals surface area contributed by atoms with Crippen molar-refractivity contribution in [2.24, 2.45) is 0 Å². The van der Waals surface area contributed by atoms with Crippen molar-refractivity contribution in [3.05, 3.63) is 120 Å². The van der Waals surface area contributed by atoms with Gasteiger partial charge in [0.2, 0.25) is 11.0 Å². The number of nitrogens with one attached hydrogen (secondary N) is 2. The number of rotatable bonds is 2. The van der Waals surface area contributed by atoms with Gasteiger partial charge in [0, 0.05) is 12.1 Å². The fourth-order valence-corrected chi connectivity index (χ4v) is 7.28. The van der Waals surface area contributed by atoms with Gasteiger partial charge in [-0.3, -0.25) is 0 Å². The maximum absolute atomic E-state index is 12.7. The number of H-pyrrole nitrogens is 2. The molecule has 0 amide bonds. The second-order valence-corrected chi connectivity index (χ2v) is 12.5. The first-order valence-corrected chi connectivity index (χ1v) is 15.3. The van der Waals surface area contributed by atoms with Gasteiger partial charge in [-0.15, -0.1) is 0 Å². The van der Waals surface area contributed by atoms with Crippen LogP contribution >= 0.6 is 22.7 Å². The molecule has 8 rings (SSSR count). The number of thiazole rings is 2. The molecular weight excluding hydrogens is 566 g/mol. The maximum atomic E-state index is 12.7. The summed E-state index contributed by atoms with van der Waals surface area (Å²) in [5.74, 6) is 0.181.